The van der Waals surface area contributed by atoms with Crippen LogP contribution in [-0.4, -0.2) is 5.91 Å². The molecule has 1 rings (SSSR count). The predicted octanol–water partition coefficient (Wildman–Crippen LogP) is 2.41. The Balaban J connectivity index is 2.71. The molecule has 0 saturated heterocycles. The van der Waals surface area contributed by atoms with Gasteiger partial charge in [-0.05, 0) is 24.3 Å². The highest BCUT2D eigenvalue weighted by Gasteiger charge is 1.92. The van der Waals surface area contributed by atoms with E-state index in [1.807, 2.05) is 0 Å². The summed E-state index contributed by atoms with van der Waals surface area (Å²) in [5.41, 5.74) is 0.467. The normalized spacial score (nSPS) is 14.5. The summed E-state index contributed by atoms with van der Waals surface area (Å²) in [6.45, 7) is -2.60. The second kappa shape index (κ2) is 3.53. The van der Waals surface area contributed by atoms with E-state index in [0.29, 0.717) is 5.69 Å². The molecule has 2 nitrogen and oxygen atoms in total. The third-order valence-corrected chi connectivity index (χ3v) is 1.63. The third-order valence-electron chi connectivity index (χ3n) is 1.10. The molecule has 3 heteroatoms. The Kier molecular flexibility index (Phi) is 1.58. The summed E-state index contributed by atoms with van der Waals surface area (Å²) in [6, 6.07) is 6.67. The van der Waals surface area contributed by atoms with Crippen LogP contribution in [0.5, 0.6) is 0 Å². The van der Waals surface area contributed by atoms with E-state index in [4.69, 9.17) is 4.11 Å². The molecule has 0 aliphatic heterocycles. The summed E-state index contributed by atoms with van der Waals surface area (Å²) in [7, 11) is 0. The topological polar surface area (TPSA) is 29.1 Å². The average Bonchev–Trinajstić information content (AvgIpc) is 2.07. The number of hydrogen-bond acceptors (Lipinski definition) is 1. The lowest BCUT2D eigenvalue weighted by Crippen LogP contribution is -2.04. The fourth-order valence-corrected chi connectivity index (χ4v) is 0.929. The zero-order valence-corrected chi connectivity index (χ0v) is 7.18. The van der Waals surface area contributed by atoms with Crippen LogP contribution < -0.4 is 5.32 Å². The van der Waals surface area contributed by atoms with Gasteiger partial charge in [0.1, 0.15) is 0 Å². The number of amides is 1. The highest BCUT2D eigenvalue weighted by Crippen LogP contribution is 2.13. The molecule has 1 aromatic carbocycles. The van der Waals surface area contributed by atoms with Crippen LogP contribution in [0, 0.1) is 0 Å². The molecule has 0 aliphatic rings. The van der Waals surface area contributed by atoms with Crippen LogP contribution in [0.1, 0.15) is 11.0 Å². The molecule has 1 amide bonds. The zero-order valence-electron chi connectivity index (χ0n) is 8.60. The minimum atomic E-state index is -2.60. The molecule has 0 atom stereocenters. The summed E-state index contributed by atoms with van der Waals surface area (Å²) in [6.07, 6.45) is 0. The van der Waals surface area contributed by atoms with Gasteiger partial charge >= 0.3 is 0 Å². The van der Waals surface area contributed by atoms with Crippen LogP contribution in [0.15, 0.2) is 28.7 Å². The lowest BCUT2D eigenvalue weighted by molar-refractivity contribution is -0.114. The van der Waals surface area contributed by atoms with Crippen molar-refractivity contribution in [1.29, 1.82) is 0 Å². The highest BCUT2D eigenvalue weighted by atomic mass is 79.9. The van der Waals surface area contributed by atoms with E-state index < -0.39 is 12.8 Å². The van der Waals surface area contributed by atoms with Crippen LogP contribution in [0.2, 0.25) is 0 Å². The molecule has 1 aromatic rings. The van der Waals surface area contributed by atoms with E-state index in [2.05, 4.69) is 21.2 Å². The number of anilines is 1. The fraction of sp³-hybridized carbons (Fsp3) is 0.125. The van der Waals surface area contributed by atoms with Crippen LogP contribution in [-0.2, 0) is 4.79 Å². The standard InChI is InChI=1S/C8H8BrNO/c1-6(11)10-8-4-2-7(9)3-5-8/h2-5H,1H3,(H,10,11)/i1D3. The largest absolute Gasteiger partial charge is 0.326 e. The van der Waals surface area contributed by atoms with Crippen molar-refractivity contribution < 1.29 is 8.91 Å². The monoisotopic (exact) mass is 216 g/mol. The number of carbonyl (C=O) groups is 1. The van der Waals surface area contributed by atoms with Crippen LogP contribution in [0.3, 0.4) is 0 Å². The molecule has 0 bridgehead atoms. The van der Waals surface area contributed by atoms with Crippen molar-refractivity contribution in [3.05, 3.63) is 28.7 Å². The first kappa shape index (κ1) is 4.93. The lowest BCUT2D eigenvalue weighted by atomic mass is 10.3. The number of benzene rings is 1. The molecular weight excluding hydrogens is 206 g/mol. The minimum absolute atomic E-state index is 0.467. The number of hydrogen-bond donors (Lipinski definition) is 1. The van der Waals surface area contributed by atoms with E-state index in [1.165, 1.54) is 0 Å². The van der Waals surface area contributed by atoms with Crippen molar-refractivity contribution in [2.75, 3.05) is 5.32 Å². The first-order chi connectivity index (χ1) is 6.39. The average molecular weight is 217 g/mol. The maximum atomic E-state index is 11.0. The molecule has 0 radical (unpaired) electrons. The SMILES string of the molecule is [2H]C([2H])([2H])C(=O)Nc1ccc(Br)cc1. The maximum Gasteiger partial charge on any atom is 0.221 e. The minimum Gasteiger partial charge on any atom is -0.326 e. The molecule has 11 heavy (non-hydrogen) atoms. The first-order valence-corrected chi connectivity index (χ1v) is 3.76. The Morgan fingerprint density at radius 2 is 2.18 bits per heavy atom. The second-order valence-electron chi connectivity index (χ2n) is 1.96. The summed E-state index contributed by atoms with van der Waals surface area (Å²) >= 11 is 3.23. The van der Waals surface area contributed by atoms with E-state index in [-0.39, 0.29) is 0 Å². The summed E-state index contributed by atoms with van der Waals surface area (Å²) in [4.78, 5) is 11.0. The van der Waals surface area contributed by atoms with E-state index in [0.717, 1.165) is 4.47 Å². The predicted molar refractivity (Wildman–Crippen MR) is 48.4 cm³/mol. The van der Waals surface area contributed by atoms with Gasteiger partial charge < -0.3 is 5.32 Å². The molecule has 0 heterocycles. The summed E-state index contributed by atoms with van der Waals surface area (Å²) in [5.74, 6) is -0.972. The molecule has 0 spiro atoms. The lowest BCUT2D eigenvalue weighted by Gasteiger charge is -1.99. The van der Waals surface area contributed by atoms with Gasteiger partial charge in [-0.25, -0.2) is 0 Å². The first-order valence-electron chi connectivity index (χ1n) is 4.46. The quantitative estimate of drug-likeness (QED) is 0.768. The third kappa shape index (κ3) is 2.72. The van der Waals surface area contributed by atoms with Gasteiger partial charge in [-0.2, -0.15) is 0 Å². The fourth-order valence-electron chi connectivity index (χ4n) is 0.664. The van der Waals surface area contributed by atoms with Crippen molar-refractivity contribution in [2.45, 2.75) is 6.85 Å². The molecule has 58 valence electrons. The number of carbonyl (C=O) groups excluding carboxylic acids is 1. The van der Waals surface area contributed by atoms with Crippen molar-refractivity contribution in [3.63, 3.8) is 0 Å². The number of rotatable bonds is 1. The van der Waals surface area contributed by atoms with Gasteiger partial charge in [0.25, 0.3) is 0 Å². The van der Waals surface area contributed by atoms with Gasteiger partial charge in [-0.1, -0.05) is 15.9 Å². The van der Waals surface area contributed by atoms with Gasteiger partial charge in [0.05, 0.1) is 0 Å². The molecule has 1 N–H and O–H groups in total. The Morgan fingerprint density at radius 3 is 2.73 bits per heavy atom. The summed E-state index contributed by atoms with van der Waals surface area (Å²) < 4.78 is 21.4. The highest BCUT2D eigenvalue weighted by molar-refractivity contribution is 9.10. The maximum absolute atomic E-state index is 11.0. The Morgan fingerprint density at radius 1 is 1.55 bits per heavy atom. The number of nitrogens with one attached hydrogen (secondary N) is 1. The Bertz CT molecular complexity index is 333. The van der Waals surface area contributed by atoms with Crippen LogP contribution >= 0.6 is 15.9 Å². The Labute approximate surface area is 78.0 Å². The summed E-state index contributed by atoms with van der Waals surface area (Å²) in [5, 5.41) is 2.29. The Hall–Kier alpha value is -0.830. The van der Waals surface area contributed by atoms with Crippen LogP contribution in [0.4, 0.5) is 5.69 Å². The smallest absolute Gasteiger partial charge is 0.221 e. The zero-order chi connectivity index (χ0) is 10.8. The van der Waals surface area contributed by atoms with Gasteiger partial charge in [-0.15, -0.1) is 0 Å². The van der Waals surface area contributed by atoms with Crippen LogP contribution in [0.25, 0.3) is 0 Å². The van der Waals surface area contributed by atoms with E-state index >= 15 is 0 Å². The van der Waals surface area contributed by atoms with E-state index in [9.17, 15) is 4.79 Å². The molecule has 0 aromatic heterocycles. The van der Waals surface area contributed by atoms with Gasteiger partial charge in [0, 0.05) is 21.1 Å². The molecule has 0 saturated carbocycles. The van der Waals surface area contributed by atoms with E-state index in [1.54, 1.807) is 24.3 Å². The van der Waals surface area contributed by atoms with Crippen molar-refractivity contribution in [1.82, 2.24) is 0 Å². The van der Waals surface area contributed by atoms with Crippen molar-refractivity contribution >= 4 is 27.5 Å². The molecule has 0 fully saturated rings. The van der Waals surface area contributed by atoms with Gasteiger partial charge in [-0.3, -0.25) is 4.79 Å². The van der Waals surface area contributed by atoms with Crippen molar-refractivity contribution in [3.8, 4) is 0 Å². The second-order valence-corrected chi connectivity index (χ2v) is 2.88. The molecule has 0 aliphatic carbocycles. The van der Waals surface area contributed by atoms with Gasteiger partial charge in [0.15, 0.2) is 0 Å². The van der Waals surface area contributed by atoms with Crippen molar-refractivity contribution in [2.24, 2.45) is 0 Å². The van der Waals surface area contributed by atoms with Gasteiger partial charge in [0.2, 0.25) is 5.91 Å². The number of halogens is 1. The molecular formula is C8H8BrNO. The molecule has 0 unspecified atom stereocenters.